The van der Waals surface area contributed by atoms with Gasteiger partial charge in [-0.2, -0.15) is 0 Å². The molecule has 1 amide bonds. The predicted molar refractivity (Wildman–Crippen MR) is 125 cm³/mol. The lowest BCUT2D eigenvalue weighted by molar-refractivity contribution is -0.385. The number of alkyl carbamates (subject to hydrolysis) is 1. The Morgan fingerprint density at radius 1 is 1.30 bits per heavy atom. The minimum atomic E-state index is -1.33. The smallest absolute Gasteiger partial charge is 0.413 e. The maximum atomic E-state index is 14.9. The average Bonchev–Trinajstić information content (AvgIpc) is 2.72. The quantitative estimate of drug-likeness (QED) is 0.473. The van der Waals surface area contributed by atoms with Gasteiger partial charge in [-0.1, -0.05) is 42.1 Å². The van der Waals surface area contributed by atoms with E-state index in [0.717, 1.165) is 17.7 Å². The molecule has 1 unspecified atom stereocenters. The van der Waals surface area contributed by atoms with Crippen LogP contribution in [-0.4, -0.2) is 33.6 Å². The predicted octanol–water partition coefficient (Wildman–Crippen LogP) is 5.16. The third-order valence-corrected chi connectivity index (χ3v) is 5.88. The number of nitrogens with zero attached hydrogens (tertiary/aromatic N) is 2. The minimum Gasteiger partial charge on any atom is -0.444 e. The van der Waals surface area contributed by atoms with E-state index in [9.17, 15) is 19.3 Å². The molecule has 3 rings (SSSR count). The number of carbonyl (C=O) groups is 1. The number of rotatable bonds is 5. The number of amides is 1. The average molecular weight is 476 g/mol. The Balaban J connectivity index is 1.96. The molecule has 0 fully saturated rings. The Morgan fingerprint density at radius 3 is 2.64 bits per heavy atom. The second-order valence-electron chi connectivity index (χ2n) is 8.71. The first-order chi connectivity index (χ1) is 15.5. The van der Waals surface area contributed by atoms with E-state index >= 15 is 0 Å². The Labute approximate surface area is 195 Å². The second kappa shape index (κ2) is 9.88. The fourth-order valence-corrected chi connectivity index (χ4v) is 4.46. The summed E-state index contributed by atoms with van der Waals surface area (Å²) in [6, 6.07) is 12.8. The van der Waals surface area contributed by atoms with Crippen LogP contribution in [0, 0.1) is 15.9 Å². The largest absolute Gasteiger partial charge is 0.444 e. The molecule has 8 nitrogen and oxygen atoms in total. The zero-order chi connectivity index (χ0) is 24.2. The number of amidine groups is 1. The minimum absolute atomic E-state index is 0.0125. The number of carbonyl (C=O) groups excluding carboxylic acids is 1. The molecule has 1 heterocycles. The number of non-ortho nitro benzene ring substituents is 1. The molecular formula is C23H26FN3O5S. The molecule has 0 spiro atoms. The summed E-state index contributed by atoms with van der Waals surface area (Å²) < 4.78 is 26.3. The number of ether oxygens (including phenoxy) is 2. The summed E-state index contributed by atoms with van der Waals surface area (Å²) in [5.41, 5.74) is -1.37. The normalized spacial score (nSPS) is 20.6. The van der Waals surface area contributed by atoms with Gasteiger partial charge in [-0.3, -0.25) is 15.4 Å². The van der Waals surface area contributed by atoms with Gasteiger partial charge in [0.1, 0.15) is 17.0 Å². The molecule has 0 bridgehead atoms. The fourth-order valence-electron chi connectivity index (χ4n) is 3.32. The summed E-state index contributed by atoms with van der Waals surface area (Å²) in [5, 5.41) is 14.1. The molecule has 33 heavy (non-hydrogen) atoms. The number of aliphatic imine (C=N–C) groups is 1. The van der Waals surface area contributed by atoms with Gasteiger partial charge in [0, 0.05) is 23.4 Å². The lowest BCUT2D eigenvalue weighted by Gasteiger charge is -2.38. The van der Waals surface area contributed by atoms with Gasteiger partial charge in [0.2, 0.25) is 0 Å². The molecular weight excluding hydrogens is 449 g/mol. The number of hydrogen-bond acceptors (Lipinski definition) is 7. The van der Waals surface area contributed by atoms with Crippen LogP contribution in [0.3, 0.4) is 0 Å². The second-order valence-corrected chi connectivity index (χ2v) is 9.72. The highest BCUT2D eigenvalue weighted by molar-refractivity contribution is 8.14. The Kier molecular flexibility index (Phi) is 7.38. The van der Waals surface area contributed by atoms with Crippen molar-refractivity contribution in [3.63, 3.8) is 0 Å². The molecule has 1 N–H and O–H groups in total. The van der Waals surface area contributed by atoms with Crippen LogP contribution in [0.2, 0.25) is 0 Å². The number of halogens is 1. The highest BCUT2D eigenvalue weighted by Gasteiger charge is 2.43. The number of nitro groups is 1. The Bertz CT molecular complexity index is 1060. The molecule has 0 saturated heterocycles. The highest BCUT2D eigenvalue weighted by atomic mass is 32.2. The molecule has 176 valence electrons. The van der Waals surface area contributed by atoms with Gasteiger partial charge in [0.15, 0.2) is 5.17 Å². The van der Waals surface area contributed by atoms with E-state index in [1.165, 1.54) is 17.8 Å². The van der Waals surface area contributed by atoms with E-state index in [1.807, 2.05) is 30.3 Å². The van der Waals surface area contributed by atoms with Gasteiger partial charge in [0.25, 0.3) is 5.69 Å². The summed E-state index contributed by atoms with van der Waals surface area (Å²) >= 11 is 1.23. The van der Waals surface area contributed by atoms with E-state index in [-0.39, 0.29) is 23.0 Å². The molecule has 0 aromatic heterocycles. The van der Waals surface area contributed by atoms with Crippen molar-refractivity contribution in [1.29, 1.82) is 0 Å². The van der Waals surface area contributed by atoms with Crippen molar-refractivity contribution in [1.82, 2.24) is 5.32 Å². The zero-order valence-electron chi connectivity index (χ0n) is 18.8. The lowest BCUT2D eigenvalue weighted by Crippen LogP contribution is -2.46. The van der Waals surface area contributed by atoms with Gasteiger partial charge in [-0.05, 0) is 39.3 Å². The van der Waals surface area contributed by atoms with Crippen LogP contribution >= 0.6 is 11.8 Å². The van der Waals surface area contributed by atoms with Gasteiger partial charge in [-0.25, -0.2) is 14.2 Å². The summed E-state index contributed by atoms with van der Waals surface area (Å²) in [7, 11) is 0. The molecule has 2 aromatic carbocycles. The van der Waals surface area contributed by atoms with Crippen LogP contribution in [0.25, 0.3) is 0 Å². The first-order valence-corrected chi connectivity index (χ1v) is 11.3. The number of thioether (sulfide) groups is 1. The van der Waals surface area contributed by atoms with E-state index in [2.05, 4.69) is 10.3 Å². The molecule has 2 aromatic rings. The molecule has 1 aliphatic rings. The summed E-state index contributed by atoms with van der Waals surface area (Å²) in [5.74, 6) is -0.316. The van der Waals surface area contributed by atoms with Crippen LogP contribution in [-0.2, 0) is 21.6 Å². The molecule has 1 aliphatic heterocycles. The van der Waals surface area contributed by atoms with Crippen molar-refractivity contribution in [3.8, 4) is 0 Å². The van der Waals surface area contributed by atoms with Gasteiger partial charge < -0.3 is 9.47 Å². The van der Waals surface area contributed by atoms with Crippen molar-refractivity contribution in [3.05, 3.63) is 75.6 Å². The van der Waals surface area contributed by atoms with Crippen molar-refractivity contribution in [2.45, 2.75) is 51.5 Å². The van der Waals surface area contributed by atoms with Crippen molar-refractivity contribution in [2.75, 3.05) is 5.75 Å². The Morgan fingerprint density at radius 2 is 2.00 bits per heavy atom. The van der Waals surface area contributed by atoms with Gasteiger partial charge in [-0.15, -0.1) is 0 Å². The lowest BCUT2D eigenvalue weighted by atomic mass is 9.86. The number of nitro benzene ring substituents is 1. The summed E-state index contributed by atoms with van der Waals surface area (Å²) in [6.07, 6.45) is -1.32. The van der Waals surface area contributed by atoms with Gasteiger partial charge in [0.05, 0.1) is 17.6 Å². The molecule has 0 aliphatic carbocycles. The molecule has 2 atom stereocenters. The van der Waals surface area contributed by atoms with Crippen molar-refractivity contribution in [2.24, 2.45) is 4.99 Å². The molecule has 0 saturated carbocycles. The van der Waals surface area contributed by atoms with Crippen LogP contribution in [0.5, 0.6) is 0 Å². The standard InChI is InChI=1S/C23H26FN3O5S/c1-22(2,3)32-21(28)25-20-26-23(4,17-12-16(27(29)30)10-11-18(17)24)19(14-33-20)31-13-15-8-6-5-7-9-15/h5-12,19H,13-14H2,1-4H3,(H,25,26,28)/t19?,23-/m1/s1. The maximum absolute atomic E-state index is 14.9. The van der Waals surface area contributed by atoms with Crippen LogP contribution in [0.4, 0.5) is 14.9 Å². The van der Waals surface area contributed by atoms with E-state index in [1.54, 1.807) is 27.7 Å². The summed E-state index contributed by atoms with van der Waals surface area (Å²) in [6.45, 7) is 7.10. The zero-order valence-corrected chi connectivity index (χ0v) is 19.6. The number of nitrogens with one attached hydrogen (secondary N) is 1. The van der Waals surface area contributed by atoms with E-state index < -0.39 is 34.1 Å². The third kappa shape index (κ3) is 6.29. The topological polar surface area (TPSA) is 103 Å². The monoisotopic (exact) mass is 475 g/mol. The van der Waals surface area contributed by atoms with E-state index in [0.29, 0.717) is 5.75 Å². The molecule has 0 radical (unpaired) electrons. The first-order valence-electron chi connectivity index (χ1n) is 10.3. The third-order valence-electron chi connectivity index (χ3n) is 4.94. The SMILES string of the molecule is CC(C)(C)OC(=O)NC1=N[C@](C)(c2cc([N+](=O)[O-])ccc2F)C(OCc2ccccc2)CS1. The van der Waals surface area contributed by atoms with Gasteiger partial charge >= 0.3 is 6.09 Å². The van der Waals surface area contributed by atoms with E-state index in [4.69, 9.17) is 9.47 Å². The summed E-state index contributed by atoms with van der Waals surface area (Å²) in [4.78, 5) is 27.6. The number of hydrogen-bond donors (Lipinski definition) is 1. The van der Waals surface area contributed by atoms with Crippen LogP contribution < -0.4 is 5.32 Å². The highest BCUT2D eigenvalue weighted by Crippen LogP contribution is 2.40. The van der Waals surface area contributed by atoms with Crippen molar-refractivity contribution >= 4 is 28.7 Å². The Hall–Kier alpha value is -2.98. The van der Waals surface area contributed by atoms with Crippen LogP contribution in [0.1, 0.15) is 38.8 Å². The molecule has 10 heteroatoms. The maximum Gasteiger partial charge on any atom is 0.413 e. The fraction of sp³-hybridized carbons (Fsp3) is 0.391. The van der Waals surface area contributed by atoms with Crippen LogP contribution in [0.15, 0.2) is 53.5 Å². The first kappa shape index (κ1) is 24.7. The van der Waals surface area contributed by atoms with Crippen molar-refractivity contribution < 1.29 is 23.6 Å². The number of benzene rings is 2.